The quantitative estimate of drug-likeness (QED) is 0.634. The van der Waals surface area contributed by atoms with Crippen molar-refractivity contribution >= 4 is 45.5 Å². The number of hydrogen-bond acceptors (Lipinski definition) is 5. The molecule has 0 spiro atoms. The van der Waals surface area contributed by atoms with Crippen LogP contribution in [-0.4, -0.2) is 28.4 Å². The van der Waals surface area contributed by atoms with Crippen LogP contribution in [0.15, 0.2) is 42.7 Å². The molecule has 0 bridgehead atoms. The molecule has 2 heterocycles. The fourth-order valence-electron chi connectivity index (χ4n) is 2.05. The van der Waals surface area contributed by atoms with Crippen molar-refractivity contribution in [2.45, 2.75) is 26.3 Å². The van der Waals surface area contributed by atoms with E-state index in [0.717, 1.165) is 4.68 Å². The third-order valence-electron chi connectivity index (χ3n) is 3.08. The zero-order valence-electron chi connectivity index (χ0n) is 13.2. The molecule has 0 unspecified atom stereocenters. The Morgan fingerprint density at radius 3 is 2.88 bits per heavy atom. The minimum Gasteiger partial charge on any atom is -0.447 e. The average molecular weight is 394 g/mol. The highest BCUT2D eigenvalue weighted by atomic mass is 79.9. The Kier molecular flexibility index (Phi) is 5.45. The van der Waals surface area contributed by atoms with Crippen LogP contribution in [0.4, 0.5) is 0 Å². The van der Waals surface area contributed by atoms with Crippen LogP contribution in [0.1, 0.15) is 25.5 Å². The topological polar surface area (TPSA) is 102 Å². The van der Waals surface area contributed by atoms with E-state index < -0.39 is 11.5 Å². The molecule has 0 aliphatic carbocycles. The first-order valence-electron chi connectivity index (χ1n) is 7.02. The molecule has 8 nitrogen and oxygen atoms in total. The maximum absolute atomic E-state index is 12.5. The standard InChI is InChI=1S/C15H16BrN5O3/c1-5-18-15(17-4)19-11(22)7-21-14(23)9-6-10(16)24-13(9)12(20-21)8(2)3/h5-6,8H,1,4,7H2,2-3H3,(H,18,19,22). The lowest BCUT2D eigenvalue weighted by atomic mass is 10.1. The molecule has 0 aliphatic rings. The summed E-state index contributed by atoms with van der Waals surface area (Å²) in [6.45, 7) is 10.3. The highest BCUT2D eigenvalue weighted by molar-refractivity contribution is 9.10. The molecule has 0 saturated heterocycles. The monoisotopic (exact) mass is 393 g/mol. The SMILES string of the molecule is C=CN=C(N=C)NC(=O)Cn1nc(C(C)C)c2oc(Br)cc2c1=O. The van der Waals surface area contributed by atoms with Crippen LogP contribution >= 0.6 is 15.9 Å². The normalized spacial score (nSPS) is 11.8. The summed E-state index contributed by atoms with van der Waals surface area (Å²) in [7, 11) is 0. The summed E-state index contributed by atoms with van der Waals surface area (Å²) < 4.78 is 7.02. The Labute approximate surface area is 146 Å². The molecular formula is C15H16BrN5O3. The lowest BCUT2D eigenvalue weighted by Gasteiger charge is -2.10. The summed E-state index contributed by atoms with van der Waals surface area (Å²) in [5.74, 6) is -0.498. The lowest BCUT2D eigenvalue weighted by Crippen LogP contribution is -2.36. The highest BCUT2D eigenvalue weighted by Gasteiger charge is 2.19. The van der Waals surface area contributed by atoms with E-state index in [9.17, 15) is 9.59 Å². The van der Waals surface area contributed by atoms with Crippen LogP contribution in [0.2, 0.25) is 0 Å². The van der Waals surface area contributed by atoms with Gasteiger partial charge in [-0.05, 0) is 22.6 Å². The Morgan fingerprint density at radius 1 is 1.58 bits per heavy atom. The molecule has 2 rings (SSSR count). The van der Waals surface area contributed by atoms with Crippen LogP contribution in [0.5, 0.6) is 0 Å². The van der Waals surface area contributed by atoms with Crippen molar-refractivity contribution in [2.75, 3.05) is 0 Å². The van der Waals surface area contributed by atoms with Crippen LogP contribution in [-0.2, 0) is 11.3 Å². The van der Waals surface area contributed by atoms with Gasteiger partial charge in [0.1, 0.15) is 12.2 Å². The number of hydrogen-bond donors (Lipinski definition) is 1. The van der Waals surface area contributed by atoms with Gasteiger partial charge in [-0.2, -0.15) is 5.10 Å². The molecule has 0 saturated carbocycles. The number of carbonyl (C=O) groups excluding carboxylic acids is 1. The maximum Gasteiger partial charge on any atom is 0.278 e. The minimum absolute atomic E-state index is 0.000680. The first-order chi connectivity index (χ1) is 11.4. The van der Waals surface area contributed by atoms with E-state index >= 15 is 0 Å². The largest absolute Gasteiger partial charge is 0.447 e. The predicted octanol–water partition coefficient (Wildman–Crippen LogP) is 2.19. The van der Waals surface area contributed by atoms with Gasteiger partial charge in [-0.15, -0.1) is 0 Å². The molecule has 0 aliphatic heterocycles. The smallest absolute Gasteiger partial charge is 0.278 e. The molecule has 1 amide bonds. The summed E-state index contributed by atoms with van der Waals surface area (Å²) in [5, 5.41) is 7.04. The molecule has 0 radical (unpaired) electrons. The van der Waals surface area contributed by atoms with Gasteiger partial charge in [-0.1, -0.05) is 20.4 Å². The van der Waals surface area contributed by atoms with Crippen LogP contribution in [0.25, 0.3) is 11.0 Å². The second kappa shape index (κ2) is 7.35. The maximum atomic E-state index is 12.5. The van der Waals surface area contributed by atoms with Crippen LogP contribution in [0, 0.1) is 0 Å². The van der Waals surface area contributed by atoms with E-state index in [1.807, 2.05) is 13.8 Å². The second-order valence-electron chi connectivity index (χ2n) is 5.14. The van der Waals surface area contributed by atoms with Crippen molar-refractivity contribution in [3.8, 4) is 0 Å². The van der Waals surface area contributed by atoms with Crippen LogP contribution < -0.4 is 10.9 Å². The van der Waals surface area contributed by atoms with Gasteiger partial charge in [0.15, 0.2) is 10.3 Å². The van der Waals surface area contributed by atoms with Gasteiger partial charge in [-0.25, -0.2) is 14.7 Å². The number of nitrogens with one attached hydrogen (secondary N) is 1. The lowest BCUT2D eigenvalue weighted by molar-refractivity contribution is -0.120. The molecule has 1 N–H and O–H groups in total. The van der Waals surface area contributed by atoms with Gasteiger partial charge in [-0.3, -0.25) is 14.9 Å². The number of nitrogens with zero attached hydrogens (tertiary/aromatic N) is 4. The zero-order chi connectivity index (χ0) is 17.9. The van der Waals surface area contributed by atoms with Gasteiger partial charge in [0, 0.05) is 18.2 Å². The summed E-state index contributed by atoms with van der Waals surface area (Å²) in [4.78, 5) is 31.9. The second-order valence-corrected chi connectivity index (χ2v) is 5.92. The predicted molar refractivity (Wildman–Crippen MR) is 95.4 cm³/mol. The van der Waals surface area contributed by atoms with Gasteiger partial charge in [0.2, 0.25) is 11.9 Å². The number of furan rings is 1. The fraction of sp³-hybridized carbons (Fsp3) is 0.267. The molecule has 0 atom stereocenters. The molecule has 24 heavy (non-hydrogen) atoms. The summed E-state index contributed by atoms with van der Waals surface area (Å²) in [5.41, 5.74) is 0.581. The molecule has 2 aromatic heterocycles. The van der Waals surface area contributed by atoms with Gasteiger partial charge >= 0.3 is 0 Å². The Morgan fingerprint density at radius 2 is 2.29 bits per heavy atom. The molecule has 2 aromatic rings. The van der Waals surface area contributed by atoms with E-state index in [1.165, 1.54) is 6.20 Å². The third kappa shape index (κ3) is 3.67. The molecular weight excluding hydrogens is 378 g/mol. The number of rotatable bonds is 4. The molecule has 0 aromatic carbocycles. The number of guanidine groups is 1. The Hall–Kier alpha value is -2.55. The van der Waals surface area contributed by atoms with Gasteiger partial charge in [0.25, 0.3) is 5.56 Å². The number of aliphatic imine (C=N–C) groups is 2. The Bertz CT molecular complexity index is 894. The number of amides is 1. The van der Waals surface area contributed by atoms with E-state index in [0.29, 0.717) is 21.3 Å². The average Bonchev–Trinajstić information content (AvgIpc) is 2.91. The Balaban J connectivity index is 2.42. The summed E-state index contributed by atoms with van der Waals surface area (Å²) >= 11 is 3.21. The fourth-order valence-corrected chi connectivity index (χ4v) is 2.44. The summed E-state index contributed by atoms with van der Waals surface area (Å²) in [6, 6.07) is 1.57. The van der Waals surface area contributed by atoms with E-state index in [1.54, 1.807) is 6.07 Å². The molecule has 126 valence electrons. The van der Waals surface area contributed by atoms with Gasteiger partial charge in [0.05, 0.1) is 5.39 Å². The molecule has 9 heteroatoms. The highest BCUT2D eigenvalue weighted by Crippen LogP contribution is 2.26. The van der Waals surface area contributed by atoms with E-state index in [2.05, 4.69) is 49.6 Å². The summed E-state index contributed by atoms with van der Waals surface area (Å²) in [6.07, 6.45) is 1.22. The van der Waals surface area contributed by atoms with Gasteiger partial charge < -0.3 is 4.42 Å². The zero-order valence-corrected chi connectivity index (χ0v) is 14.8. The number of aromatic nitrogens is 2. The molecule has 0 fully saturated rings. The van der Waals surface area contributed by atoms with E-state index in [4.69, 9.17) is 4.42 Å². The van der Waals surface area contributed by atoms with Crippen molar-refractivity contribution in [3.63, 3.8) is 0 Å². The van der Waals surface area contributed by atoms with Crippen molar-refractivity contribution in [1.29, 1.82) is 0 Å². The first-order valence-corrected chi connectivity index (χ1v) is 7.82. The van der Waals surface area contributed by atoms with E-state index in [-0.39, 0.29) is 18.4 Å². The number of fused-ring (bicyclic) bond motifs is 1. The number of halogens is 1. The van der Waals surface area contributed by atoms with Crippen molar-refractivity contribution in [3.05, 3.63) is 39.6 Å². The van der Waals surface area contributed by atoms with Crippen molar-refractivity contribution in [1.82, 2.24) is 15.1 Å². The third-order valence-corrected chi connectivity index (χ3v) is 3.47. The van der Waals surface area contributed by atoms with Crippen LogP contribution in [0.3, 0.4) is 0 Å². The van der Waals surface area contributed by atoms with Crippen molar-refractivity contribution in [2.24, 2.45) is 9.98 Å². The minimum atomic E-state index is -0.505. The van der Waals surface area contributed by atoms with Crippen molar-refractivity contribution < 1.29 is 9.21 Å². The first kappa shape index (κ1) is 17.8. The number of carbonyl (C=O) groups is 1.